The number of ether oxygens (including phenoxy) is 1. The van der Waals surface area contributed by atoms with Crippen molar-refractivity contribution in [3.05, 3.63) is 46.4 Å². The lowest BCUT2D eigenvalue weighted by atomic mass is 10.3. The third-order valence-corrected chi connectivity index (χ3v) is 3.88. The molecule has 5 heteroatoms. The van der Waals surface area contributed by atoms with Gasteiger partial charge in [0.1, 0.15) is 0 Å². The van der Waals surface area contributed by atoms with E-state index < -0.39 is 5.97 Å². The highest BCUT2D eigenvalue weighted by atomic mass is 32.2. The van der Waals surface area contributed by atoms with Gasteiger partial charge in [-0.3, -0.25) is 4.79 Å². The normalized spacial score (nSPS) is 15.7. The van der Waals surface area contributed by atoms with Crippen LogP contribution in [0.1, 0.15) is 13.8 Å². The van der Waals surface area contributed by atoms with Gasteiger partial charge in [-0.2, -0.15) is 0 Å². The molecule has 1 aliphatic rings. The molecule has 0 saturated heterocycles. The molecule has 0 atom stereocenters. The molecule has 0 amide bonds. The predicted molar refractivity (Wildman–Crippen MR) is 75.6 cm³/mol. The monoisotopic (exact) mass is 274 g/mol. The quantitative estimate of drug-likeness (QED) is 0.481. The second kappa shape index (κ2) is 5.81. The van der Waals surface area contributed by atoms with Gasteiger partial charge < -0.3 is 9.64 Å². The van der Waals surface area contributed by atoms with Crippen molar-refractivity contribution in [3.8, 4) is 0 Å². The number of esters is 1. The van der Waals surface area contributed by atoms with Crippen molar-refractivity contribution in [1.29, 1.82) is 0 Å². The van der Waals surface area contributed by atoms with Gasteiger partial charge in [-0.25, -0.2) is 4.85 Å². The van der Waals surface area contributed by atoms with Gasteiger partial charge in [0.05, 0.1) is 23.9 Å². The molecule has 0 unspecified atom stereocenters. The molecule has 1 heterocycles. The molecule has 0 aliphatic carbocycles. The van der Waals surface area contributed by atoms with Crippen LogP contribution < -0.4 is 4.90 Å². The number of hydrogen-bond acceptors (Lipinski definition) is 4. The standard InChI is InChI=1S/C14H14N2O2S/c1-4-16-10-8-6-7-9-11(10)19-13(16)12(15-3)14(17)18-5-2/h6-9H,4-5H2,1-2H3/b13-12-. The van der Waals surface area contributed by atoms with Crippen molar-refractivity contribution in [2.75, 3.05) is 18.1 Å². The topological polar surface area (TPSA) is 33.9 Å². The Hall–Kier alpha value is -1.93. The lowest BCUT2D eigenvalue weighted by molar-refractivity contribution is -0.138. The molecular weight excluding hydrogens is 260 g/mol. The molecule has 0 bridgehead atoms. The summed E-state index contributed by atoms with van der Waals surface area (Å²) < 4.78 is 4.95. The van der Waals surface area contributed by atoms with E-state index in [1.165, 1.54) is 11.8 Å². The number of hydrogen-bond donors (Lipinski definition) is 0. The van der Waals surface area contributed by atoms with Gasteiger partial charge in [-0.05, 0) is 26.0 Å². The number of para-hydroxylation sites is 1. The average molecular weight is 274 g/mol. The molecule has 2 rings (SSSR count). The van der Waals surface area contributed by atoms with E-state index in [1.54, 1.807) is 6.92 Å². The summed E-state index contributed by atoms with van der Waals surface area (Å²) in [7, 11) is 0. The van der Waals surface area contributed by atoms with Crippen LogP contribution in [0.5, 0.6) is 0 Å². The number of benzene rings is 1. The number of carbonyl (C=O) groups excluding carboxylic acids is 1. The Morgan fingerprint density at radius 3 is 2.79 bits per heavy atom. The molecular formula is C14H14N2O2S. The molecule has 1 aromatic carbocycles. The van der Waals surface area contributed by atoms with E-state index >= 15 is 0 Å². The first-order chi connectivity index (χ1) is 9.22. The Labute approximate surface area is 116 Å². The number of rotatable bonds is 3. The minimum absolute atomic E-state index is 0.0601. The summed E-state index contributed by atoms with van der Waals surface area (Å²) in [4.78, 5) is 18.2. The molecule has 0 fully saturated rings. The van der Waals surface area contributed by atoms with Crippen molar-refractivity contribution >= 4 is 23.4 Å². The van der Waals surface area contributed by atoms with Crippen LogP contribution in [-0.4, -0.2) is 19.1 Å². The molecule has 1 aliphatic heterocycles. The lowest BCUT2D eigenvalue weighted by Gasteiger charge is -2.19. The minimum Gasteiger partial charge on any atom is -0.471 e. The van der Waals surface area contributed by atoms with E-state index in [1.807, 2.05) is 36.1 Å². The van der Waals surface area contributed by atoms with E-state index in [4.69, 9.17) is 11.3 Å². The highest BCUT2D eigenvalue weighted by molar-refractivity contribution is 8.03. The van der Waals surface area contributed by atoms with Gasteiger partial charge >= 0.3 is 5.97 Å². The van der Waals surface area contributed by atoms with Gasteiger partial charge in [0.15, 0.2) is 0 Å². The van der Waals surface area contributed by atoms with Gasteiger partial charge in [-0.1, -0.05) is 23.9 Å². The van der Waals surface area contributed by atoms with Crippen molar-refractivity contribution in [2.45, 2.75) is 18.7 Å². The van der Waals surface area contributed by atoms with Crippen LogP contribution in [0.15, 0.2) is 39.9 Å². The molecule has 4 nitrogen and oxygen atoms in total. The van der Waals surface area contributed by atoms with E-state index in [9.17, 15) is 4.79 Å². The Balaban J connectivity index is 2.46. The fourth-order valence-corrected chi connectivity index (χ4v) is 3.11. The zero-order valence-corrected chi connectivity index (χ0v) is 11.7. The van der Waals surface area contributed by atoms with Crippen LogP contribution in [0.3, 0.4) is 0 Å². The highest BCUT2D eigenvalue weighted by Crippen LogP contribution is 2.47. The molecule has 98 valence electrons. The molecule has 0 spiro atoms. The Kier molecular flexibility index (Phi) is 4.13. The second-order valence-corrected chi connectivity index (χ2v) is 4.83. The van der Waals surface area contributed by atoms with Crippen molar-refractivity contribution in [1.82, 2.24) is 0 Å². The largest absolute Gasteiger partial charge is 0.471 e. The minimum atomic E-state index is -0.550. The summed E-state index contributed by atoms with van der Waals surface area (Å²) in [6.45, 7) is 11.9. The summed E-state index contributed by atoms with van der Waals surface area (Å²) in [6.07, 6.45) is 0. The molecule has 1 aromatic rings. The molecule has 0 saturated carbocycles. The average Bonchev–Trinajstić information content (AvgIpc) is 2.78. The van der Waals surface area contributed by atoms with Crippen LogP contribution >= 0.6 is 11.8 Å². The van der Waals surface area contributed by atoms with E-state index in [-0.39, 0.29) is 12.3 Å². The van der Waals surface area contributed by atoms with Gasteiger partial charge in [0, 0.05) is 11.4 Å². The first-order valence-corrected chi connectivity index (χ1v) is 6.87. The third-order valence-electron chi connectivity index (χ3n) is 2.71. The van der Waals surface area contributed by atoms with Crippen molar-refractivity contribution in [2.24, 2.45) is 0 Å². The van der Waals surface area contributed by atoms with Crippen LogP contribution in [0, 0.1) is 6.57 Å². The summed E-state index contributed by atoms with van der Waals surface area (Å²) >= 11 is 1.45. The Morgan fingerprint density at radius 1 is 1.42 bits per heavy atom. The van der Waals surface area contributed by atoms with Crippen LogP contribution in [-0.2, 0) is 9.53 Å². The first-order valence-electron chi connectivity index (χ1n) is 6.06. The molecule has 19 heavy (non-hydrogen) atoms. The summed E-state index contributed by atoms with van der Waals surface area (Å²) in [5, 5.41) is 0.664. The fourth-order valence-electron chi connectivity index (χ4n) is 1.91. The maximum absolute atomic E-state index is 11.8. The van der Waals surface area contributed by atoms with Gasteiger partial charge in [0.2, 0.25) is 0 Å². The van der Waals surface area contributed by atoms with Crippen LogP contribution in [0.2, 0.25) is 0 Å². The smallest absolute Gasteiger partial charge is 0.339 e. The van der Waals surface area contributed by atoms with Crippen molar-refractivity contribution in [3.63, 3.8) is 0 Å². The highest BCUT2D eigenvalue weighted by Gasteiger charge is 2.30. The van der Waals surface area contributed by atoms with Gasteiger partial charge in [0.25, 0.3) is 5.70 Å². The van der Waals surface area contributed by atoms with E-state index in [0.29, 0.717) is 11.6 Å². The van der Waals surface area contributed by atoms with Crippen LogP contribution in [0.25, 0.3) is 4.85 Å². The molecule has 0 aromatic heterocycles. The second-order valence-electron chi connectivity index (χ2n) is 3.80. The number of carbonyl (C=O) groups is 1. The van der Waals surface area contributed by atoms with E-state index in [0.717, 1.165) is 10.6 Å². The number of thioether (sulfide) groups is 1. The number of fused-ring (bicyclic) bond motifs is 1. The molecule has 0 radical (unpaired) electrons. The van der Waals surface area contributed by atoms with Crippen molar-refractivity contribution < 1.29 is 9.53 Å². The molecule has 0 N–H and O–H groups in total. The third kappa shape index (κ3) is 2.45. The summed E-state index contributed by atoms with van der Waals surface area (Å²) in [6, 6.07) is 7.88. The lowest BCUT2D eigenvalue weighted by Crippen LogP contribution is -2.20. The number of nitrogens with zero attached hydrogens (tertiary/aromatic N) is 2. The fraction of sp³-hybridized carbons (Fsp3) is 0.286. The first kappa shape index (κ1) is 13.5. The maximum Gasteiger partial charge on any atom is 0.339 e. The van der Waals surface area contributed by atoms with E-state index in [2.05, 4.69) is 4.85 Å². The summed E-state index contributed by atoms with van der Waals surface area (Å²) in [5.41, 5.74) is 1.10. The summed E-state index contributed by atoms with van der Waals surface area (Å²) in [5.74, 6) is -0.550. The number of anilines is 1. The Morgan fingerprint density at radius 2 is 2.16 bits per heavy atom. The predicted octanol–water partition coefficient (Wildman–Crippen LogP) is 3.27. The van der Waals surface area contributed by atoms with Gasteiger partial charge in [-0.15, -0.1) is 0 Å². The van der Waals surface area contributed by atoms with Crippen LogP contribution in [0.4, 0.5) is 5.69 Å². The maximum atomic E-state index is 11.8. The zero-order valence-electron chi connectivity index (χ0n) is 10.8. The zero-order chi connectivity index (χ0) is 13.8. The SMILES string of the molecule is [C-]#[N+]/C(C(=O)OCC)=C1\Sc2ccccc2N1CC. The Bertz CT molecular complexity index is 575.